The van der Waals surface area contributed by atoms with Gasteiger partial charge >= 0.3 is 0 Å². The Hall–Kier alpha value is -2.22. The molecule has 0 aliphatic rings. The summed E-state index contributed by atoms with van der Waals surface area (Å²) in [5.41, 5.74) is 4.65. The van der Waals surface area contributed by atoms with Crippen molar-refractivity contribution in [1.29, 1.82) is 0 Å². The fraction of sp³-hybridized carbons (Fsp3) is 0.263. The van der Waals surface area contributed by atoms with Crippen LogP contribution in [0.25, 0.3) is 5.70 Å². The Morgan fingerprint density at radius 2 is 1.62 bits per heavy atom. The van der Waals surface area contributed by atoms with E-state index in [1.165, 1.54) is 11.1 Å². The van der Waals surface area contributed by atoms with Crippen molar-refractivity contribution in [3.63, 3.8) is 0 Å². The van der Waals surface area contributed by atoms with Gasteiger partial charge in [-0.3, -0.25) is 0 Å². The third-order valence-electron chi connectivity index (χ3n) is 3.09. The highest BCUT2D eigenvalue weighted by Gasteiger charge is 2.04. The number of hydrogen-bond donors (Lipinski definition) is 1. The van der Waals surface area contributed by atoms with Gasteiger partial charge < -0.3 is 10.1 Å². The van der Waals surface area contributed by atoms with Crippen LogP contribution in [0.15, 0.2) is 54.6 Å². The SMILES string of the molecule is C/C=C(/Nc1ccc(OC)cc1)c1ccccc1C.CC. The van der Waals surface area contributed by atoms with Gasteiger partial charge in [0.15, 0.2) is 0 Å². The summed E-state index contributed by atoms with van der Waals surface area (Å²) >= 11 is 0. The smallest absolute Gasteiger partial charge is 0.119 e. The molecule has 21 heavy (non-hydrogen) atoms. The number of aryl methyl sites for hydroxylation is 1. The van der Waals surface area contributed by atoms with Crippen molar-refractivity contribution >= 4 is 11.4 Å². The van der Waals surface area contributed by atoms with Crippen LogP contribution in [0, 0.1) is 6.92 Å². The average molecular weight is 283 g/mol. The number of hydrogen-bond acceptors (Lipinski definition) is 2. The molecule has 0 saturated carbocycles. The lowest BCUT2D eigenvalue weighted by Crippen LogP contribution is -2.00. The molecule has 1 N–H and O–H groups in total. The third kappa shape index (κ3) is 4.67. The minimum atomic E-state index is 0.864. The van der Waals surface area contributed by atoms with E-state index in [1.807, 2.05) is 45.0 Å². The van der Waals surface area contributed by atoms with Crippen molar-refractivity contribution in [2.45, 2.75) is 27.7 Å². The summed E-state index contributed by atoms with van der Waals surface area (Å²) in [4.78, 5) is 0. The second-order valence-corrected chi connectivity index (χ2v) is 4.37. The molecule has 112 valence electrons. The lowest BCUT2D eigenvalue weighted by atomic mass is 10.1. The van der Waals surface area contributed by atoms with E-state index < -0.39 is 0 Å². The van der Waals surface area contributed by atoms with Gasteiger partial charge in [0.05, 0.1) is 7.11 Å². The monoisotopic (exact) mass is 283 g/mol. The molecule has 0 spiro atoms. The van der Waals surface area contributed by atoms with Crippen LogP contribution in [0.3, 0.4) is 0 Å². The number of methoxy groups -OCH3 is 1. The molecule has 0 unspecified atom stereocenters. The van der Waals surface area contributed by atoms with Crippen LogP contribution < -0.4 is 10.1 Å². The Morgan fingerprint density at radius 3 is 2.14 bits per heavy atom. The summed E-state index contributed by atoms with van der Waals surface area (Å²) in [6, 6.07) is 16.3. The normalized spacial score (nSPS) is 10.4. The molecule has 0 bridgehead atoms. The number of rotatable bonds is 4. The van der Waals surface area contributed by atoms with E-state index in [-0.39, 0.29) is 0 Å². The van der Waals surface area contributed by atoms with Crippen molar-refractivity contribution in [3.05, 3.63) is 65.7 Å². The van der Waals surface area contributed by atoms with Crippen LogP contribution in [0.4, 0.5) is 5.69 Å². The highest BCUT2D eigenvalue weighted by Crippen LogP contribution is 2.23. The first-order valence-electron chi connectivity index (χ1n) is 7.38. The Morgan fingerprint density at radius 1 is 1.00 bits per heavy atom. The average Bonchev–Trinajstić information content (AvgIpc) is 2.56. The summed E-state index contributed by atoms with van der Waals surface area (Å²) in [5.74, 6) is 0.864. The van der Waals surface area contributed by atoms with Gasteiger partial charge in [-0.1, -0.05) is 44.2 Å². The molecule has 2 aromatic carbocycles. The number of anilines is 1. The van der Waals surface area contributed by atoms with Gasteiger partial charge in [0, 0.05) is 16.9 Å². The van der Waals surface area contributed by atoms with E-state index in [9.17, 15) is 0 Å². The molecule has 0 atom stereocenters. The molecule has 0 amide bonds. The van der Waals surface area contributed by atoms with Crippen LogP contribution in [0.1, 0.15) is 31.9 Å². The summed E-state index contributed by atoms with van der Waals surface area (Å²) in [7, 11) is 1.67. The Bertz CT molecular complexity index is 570. The lowest BCUT2D eigenvalue weighted by Gasteiger charge is -2.13. The van der Waals surface area contributed by atoms with Gasteiger partial charge in [-0.15, -0.1) is 0 Å². The predicted molar refractivity (Wildman–Crippen MR) is 92.8 cm³/mol. The lowest BCUT2D eigenvalue weighted by molar-refractivity contribution is 0.415. The molecule has 0 aliphatic heterocycles. The molecule has 0 saturated heterocycles. The maximum absolute atomic E-state index is 5.16. The maximum Gasteiger partial charge on any atom is 0.119 e. The van der Waals surface area contributed by atoms with E-state index in [4.69, 9.17) is 4.74 Å². The summed E-state index contributed by atoms with van der Waals surface area (Å²) in [6.07, 6.45) is 2.09. The number of nitrogens with one attached hydrogen (secondary N) is 1. The van der Waals surface area contributed by atoms with Crippen LogP contribution in [-0.4, -0.2) is 7.11 Å². The number of allylic oxidation sites excluding steroid dienone is 1. The van der Waals surface area contributed by atoms with Crippen molar-refractivity contribution < 1.29 is 4.74 Å². The van der Waals surface area contributed by atoms with E-state index in [2.05, 4.69) is 42.6 Å². The minimum Gasteiger partial charge on any atom is -0.497 e. The van der Waals surface area contributed by atoms with Crippen molar-refractivity contribution in [1.82, 2.24) is 0 Å². The van der Waals surface area contributed by atoms with Crippen LogP contribution >= 0.6 is 0 Å². The molecule has 2 rings (SSSR count). The zero-order valence-corrected chi connectivity index (χ0v) is 13.6. The van der Waals surface area contributed by atoms with Gasteiger partial charge in [-0.25, -0.2) is 0 Å². The Balaban J connectivity index is 0.00000106. The van der Waals surface area contributed by atoms with E-state index in [0.29, 0.717) is 0 Å². The summed E-state index contributed by atoms with van der Waals surface area (Å²) in [6.45, 7) is 8.16. The van der Waals surface area contributed by atoms with Gasteiger partial charge in [0.2, 0.25) is 0 Å². The molecule has 0 fully saturated rings. The molecule has 0 radical (unpaired) electrons. The molecule has 0 heterocycles. The summed E-state index contributed by atoms with van der Waals surface area (Å²) in [5, 5.41) is 3.44. The molecule has 2 aromatic rings. The fourth-order valence-electron chi connectivity index (χ4n) is 2.00. The van der Waals surface area contributed by atoms with Crippen LogP contribution in [-0.2, 0) is 0 Å². The standard InChI is InChI=1S/C17H19NO.C2H6/c1-4-17(16-8-6-5-7-13(16)2)18-14-9-11-15(19-3)12-10-14;1-2/h4-12,18H,1-3H3;1-2H3/b17-4+;. The topological polar surface area (TPSA) is 21.3 Å². The first-order chi connectivity index (χ1) is 10.2. The van der Waals surface area contributed by atoms with E-state index >= 15 is 0 Å². The second-order valence-electron chi connectivity index (χ2n) is 4.37. The minimum absolute atomic E-state index is 0.864. The second kappa shape index (κ2) is 8.85. The van der Waals surface area contributed by atoms with Gasteiger partial charge in [0.25, 0.3) is 0 Å². The maximum atomic E-state index is 5.16. The molecule has 2 heteroatoms. The van der Waals surface area contributed by atoms with Gasteiger partial charge in [0.1, 0.15) is 5.75 Å². The Labute approximate surface area is 128 Å². The molecule has 0 aromatic heterocycles. The van der Waals surface area contributed by atoms with Gasteiger partial charge in [-0.2, -0.15) is 0 Å². The molecule has 0 aliphatic carbocycles. The zero-order valence-electron chi connectivity index (χ0n) is 13.6. The van der Waals surface area contributed by atoms with E-state index in [1.54, 1.807) is 7.11 Å². The fourth-order valence-corrected chi connectivity index (χ4v) is 2.00. The van der Waals surface area contributed by atoms with Crippen LogP contribution in [0.5, 0.6) is 5.75 Å². The number of benzene rings is 2. The zero-order chi connectivity index (χ0) is 15.7. The van der Waals surface area contributed by atoms with Gasteiger partial charge in [-0.05, 0) is 43.7 Å². The first-order valence-corrected chi connectivity index (χ1v) is 7.38. The highest BCUT2D eigenvalue weighted by molar-refractivity contribution is 5.78. The third-order valence-corrected chi connectivity index (χ3v) is 3.09. The highest BCUT2D eigenvalue weighted by atomic mass is 16.5. The summed E-state index contributed by atoms with van der Waals surface area (Å²) < 4.78 is 5.16. The predicted octanol–water partition coefficient (Wildman–Crippen LogP) is 5.50. The van der Waals surface area contributed by atoms with Crippen molar-refractivity contribution in [3.8, 4) is 5.75 Å². The number of ether oxygens (including phenoxy) is 1. The molecular formula is C19H25NO. The van der Waals surface area contributed by atoms with Crippen molar-refractivity contribution in [2.75, 3.05) is 12.4 Å². The largest absolute Gasteiger partial charge is 0.497 e. The first kappa shape index (κ1) is 16.8. The van der Waals surface area contributed by atoms with E-state index in [0.717, 1.165) is 17.1 Å². The van der Waals surface area contributed by atoms with Crippen LogP contribution in [0.2, 0.25) is 0 Å². The molecule has 2 nitrogen and oxygen atoms in total. The molecular weight excluding hydrogens is 258 g/mol. The van der Waals surface area contributed by atoms with Crippen molar-refractivity contribution in [2.24, 2.45) is 0 Å². The quantitative estimate of drug-likeness (QED) is 0.799. The Kier molecular flexibility index (Phi) is 7.10.